The highest BCUT2D eigenvalue weighted by Crippen LogP contribution is 2.35. The monoisotopic (exact) mass is 428 g/mol. The zero-order chi connectivity index (χ0) is 22.1. The molecule has 2 fully saturated rings. The van der Waals surface area contributed by atoms with Gasteiger partial charge in [0.1, 0.15) is 5.82 Å². The van der Waals surface area contributed by atoms with E-state index in [4.69, 9.17) is 11.0 Å². The SMILES string of the molecule is N#Cc1ccc2[nH]cc(CCCCN3CC4CCC(C3)N4c3ncccc3C(N)=O)c2c1. The summed E-state index contributed by atoms with van der Waals surface area (Å²) in [6.45, 7) is 3.09. The number of carbonyl (C=O) groups excluding carboxylic acids is 1. The van der Waals surface area contributed by atoms with Gasteiger partial charge in [0.2, 0.25) is 0 Å². The summed E-state index contributed by atoms with van der Waals surface area (Å²) >= 11 is 0. The van der Waals surface area contributed by atoms with Crippen molar-refractivity contribution in [2.24, 2.45) is 5.73 Å². The standard InChI is InChI=1S/C25H28N6O/c26-13-17-6-9-23-22(12-17)18(14-29-23)4-1-2-11-30-15-19-7-8-20(16-30)31(19)25-21(24(27)32)5-3-10-28-25/h3,5-6,9-10,12,14,19-20,29H,1-2,4,7-8,11,15-16H2,(H2,27,32). The fraction of sp³-hybridized carbons (Fsp3) is 0.400. The Kier molecular flexibility index (Phi) is 5.54. The molecular formula is C25H28N6O. The molecule has 0 spiro atoms. The first kappa shape index (κ1) is 20.5. The second-order valence-electron chi connectivity index (χ2n) is 8.93. The number of primary amides is 1. The Bertz CT molecular complexity index is 1160. The van der Waals surface area contributed by atoms with Crippen molar-refractivity contribution in [2.75, 3.05) is 24.5 Å². The highest BCUT2D eigenvalue weighted by atomic mass is 16.1. The van der Waals surface area contributed by atoms with Crippen LogP contribution in [0.3, 0.4) is 0 Å². The minimum absolute atomic E-state index is 0.389. The summed E-state index contributed by atoms with van der Waals surface area (Å²) in [7, 11) is 0. The van der Waals surface area contributed by atoms with E-state index in [9.17, 15) is 4.79 Å². The van der Waals surface area contributed by atoms with Crippen LogP contribution in [-0.2, 0) is 6.42 Å². The zero-order valence-electron chi connectivity index (χ0n) is 18.1. The maximum atomic E-state index is 11.9. The molecule has 0 saturated carbocycles. The minimum Gasteiger partial charge on any atom is -0.365 e. The van der Waals surface area contributed by atoms with Crippen LogP contribution in [-0.4, -0.2) is 52.5 Å². The fourth-order valence-corrected chi connectivity index (χ4v) is 5.42. The molecule has 2 saturated heterocycles. The number of H-pyrrole nitrogens is 1. The summed E-state index contributed by atoms with van der Waals surface area (Å²) in [6, 6.07) is 12.4. The Morgan fingerprint density at radius 3 is 2.78 bits per heavy atom. The van der Waals surface area contributed by atoms with Gasteiger partial charge < -0.3 is 15.6 Å². The number of nitrogens with zero attached hydrogens (tertiary/aromatic N) is 4. The number of nitriles is 1. The third-order valence-corrected chi connectivity index (χ3v) is 6.92. The number of anilines is 1. The molecule has 4 heterocycles. The predicted octanol–water partition coefficient (Wildman–Crippen LogP) is 3.21. The number of nitrogens with two attached hydrogens (primary N) is 1. The number of rotatable bonds is 7. The van der Waals surface area contributed by atoms with Crippen LogP contribution in [0.2, 0.25) is 0 Å². The summed E-state index contributed by atoms with van der Waals surface area (Å²) in [5.74, 6) is 0.345. The number of hydrogen-bond donors (Lipinski definition) is 2. The molecule has 1 amide bonds. The van der Waals surface area contributed by atoms with Gasteiger partial charge >= 0.3 is 0 Å². The first-order valence-electron chi connectivity index (χ1n) is 11.4. The van der Waals surface area contributed by atoms with Crippen LogP contribution in [0.4, 0.5) is 5.82 Å². The number of hydrogen-bond acceptors (Lipinski definition) is 5. The molecule has 5 rings (SSSR count). The third-order valence-electron chi connectivity index (χ3n) is 6.92. The summed E-state index contributed by atoms with van der Waals surface area (Å²) in [4.78, 5) is 24.6. The second-order valence-corrected chi connectivity index (χ2v) is 8.93. The molecule has 3 aromatic rings. The maximum Gasteiger partial charge on any atom is 0.252 e. The number of piperazine rings is 1. The van der Waals surface area contributed by atoms with E-state index >= 15 is 0 Å². The molecule has 164 valence electrons. The molecule has 2 atom stereocenters. The highest BCUT2D eigenvalue weighted by Gasteiger charge is 2.41. The van der Waals surface area contributed by atoms with Crippen molar-refractivity contribution in [1.29, 1.82) is 5.26 Å². The molecule has 3 N–H and O–H groups in total. The number of fused-ring (bicyclic) bond motifs is 3. The molecule has 0 radical (unpaired) electrons. The second kappa shape index (κ2) is 8.64. The molecule has 2 unspecified atom stereocenters. The summed E-state index contributed by atoms with van der Waals surface area (Å²) in [5, 5.41) is 10.3. The first-order valence-corrected chi connectivity index (χ1v) is 11.4. The fourth-order valence-electron chi connectivity index (χ4n) is 5.42. The van der Waals surface area contributed by atoms with Crippen molar-refractivity contribution < 1.29 is 4.79 Å². The van der Waals surface area contributed by atoms with Gasteiger partial charge in [0.15, 0.2) is 0 Å². The van der Waals surface area contributed by atoms with Crippen LogP contribution in [0.25, 0.3) is 10.9 Å². The van der Waals surface area contributed by atoms with Crippen molar-refractivity contribution in [1.82, 2.24) is 14.9 Å². The normalized spacial score (nSPS) is 20.5. The number of likely N-dealkylation sites (tertiary alicyclic amines) is 1. The number of carbonyl (C=O) groups is 1. The molecule has 7 heteroatoms. The zero-order valence-corrected chi connectivity index (χ0v) is 18.1. The number of benzene rings is 1. The van der Waals surface area contributed by atoms with Crippen LogP contribution < -0.4 is 10.6 Å². The van der Waals surface area contributed by atoms with Crippen LogP contribution in [0, 0.1) is 11.3 Å². The largest absolute Gasteiger partial charge is 0.365 e. The highest BCUT2D eigenvalue weighted by molar-refractivity contribution is 5.97. The van der Waals surface area contributed by atoms with Gasteiger partial charge in [-0.2, -0.15) is 5.26 Å². The van der Waals surface area contributed by atoms with Crippen molar-refractivity contribution in [3.63, 3.8) is 0 Å². The number of nitrogens with one attached hydrogen (secondary N) is 1. The van der Waals surface area contributed by atoms with E-state index in [1.54, 1.807) is 18.3 Å². The molecule has 32 heavy (non-hydrogen) atoms. The summed E-state index contributed by atoms with van der Waals surface area (Å²) in [6.07, 6.45) is 9.36. The van der Waals surface area contributed by atoms with E-state index in [1.165, 1.54) is 5.56 Å². The summed E-state index contributed by atoms with van der Waals surface area (Å²) < 4.78 is 0. The molecule has 2 bridgehead atoms. The topological polar surface area (TPSA) is 102 Å². The lowest BCUT2D eigenvalue weighted by molar-refractivity contribution is 0.1000. The first-order chi connectivity index (χ1) is 15.6. The third kappa shape index (κ3) is 3.82. The van der Waals surface area contributed by atoms with E-state index in [1.807, 2.05) is 18.2 Å². The van der Waals surface area contributed by atoms with Crippen molar-refractivity contribution in [3.05, 3.63) is 59.4 Å². The van der Waals surface area contributed by atoms with Crippen LogP contribution in [0.5, 0.6) is 0 Å². The van der Waals surface area contributed by atoms with Gasteiger partial charge in [-0.25, -0.2) is 4.98 Å². The number of aromatic amines is 1. The van der Waals surface area contributed by atoms with Gasteiger partial charge in [-0.05, 0) is 74.5 Å². The van der Waals surface area contributed by atoms with Gasteiger partial charge in [-0.3, -0.25) is 9.69 Å². The number of aryl methyl sites for hydroxylation is 1. The number of pyridine rings is 1. The van der Waals surface area contributed by atoms with E-state index in [0.29, 0.717) is 23.2 Å². The van der Waals surface area contributed by atoms with Crippen LogP contribution in [0.1, 0.15) is 47.2 Å². The molecular weight excluding hydrogens is 400 g/mol. The van der Waals surface area contributed by atoms with Crippen molar-refractivity contribution in [2.45, 2.75) is 44.2 Å². The molecule has 2 aliphatic heterocycles. The quantitative estimate of drug-likeness (QED) is 0.563. The molecule has 2 aliphatic rings. The lowest BCUT2D eigenvalue weighted by atomic mass is 10.0. The Hall–Kier alpha value is -3.37. The van der Waals surface area contributed by atoms with E-state index in [2.05, 4.69) is 32.0 Å². The van der Waals surface area contributed by atoms with Crippen molar-refractivity contribution >= 4 is 22.6 Å². The Labute approximate surface area is 187 Å². The van der Waals surface area contributed by atoms with E-state index < -0.39 is 5.91 Å². The molecule has 1 aromatic carbocycles. The van der Waals surface area contributed by atoms with E-state index in [0.717, 1.165) is 68.5 Å². The number of amides is 1. The molecule has 2 aromatic heterocycles. The average Bonchev–Trinajstić information content (AvgIpc) is 3.33. The van der Waals surface area contributed by atoms with Gasteiger partial charge in [-0.1, -0.05) is 0 Å². The smallest absolute Gasteiger partial charge is 0.252 e. The lowest BCUT2D eigenvalue weighted by Gasteiger charge is -2.42. The van der Waals surface area contributed by atoms with E-state index in [-0.39, 0.29) is 0 Å². The molecule has 7 nitrogen and oxygen atoms in total. The Morgan fingerprint density at radius 2 is 2.03 bits per heavy atom. The molecule has 0 aliphatic carbocycles. The number of aromatic nitrogens is 2. The summed E-state index contributed by atoms with van der Waals surface area (Å²) in [5.41, 5.74) is 9.21. The van der Waals surface area contributed by atoms with Gasteiger partial charge in [0, 0.05) is 48.5 Å². The van der Waals surface area contributed by atoms with Crippen molar-refractivity contribution in [3.8, 4) is 6.07 Å². The number of unbranched alkanes of at least 4 members (excludes halogenated alkanes) is 1. The maximum absolute atomic E-state index is 11.9. The van der Waals surface area contributed by atoms with Gasteiger partial charge in [0.05, 0.1) is 17.2 Å². The Balaban J connectivity index is 1.17. The minimum atomic E-state index is -0.408. The van der Waals surface area contributed by atoms with Gasteiger partial charge in [-0.15, -0.1) is 0 Å². The van der Waals surface area contributed by atoms with Crippen LogP contribution >= 0.6 is 0 Å². The average molecular weight is 429 g/mol. The van der Waals surface area contributed by atoms with Crippen LogP contribution in [0.15, 0.2) is 42.7 Å². The van der Waals surface area contributed by atoms with Gasteiger partial charge in [0.25, 0.3) is 5.91 Å². The Morgan fingerprint density at radius 1 is 1.22 bits per heavy atom. The predicted molar refractivity (Wildman–Crippen MR) is 124 cm³/mol. The lowest BCUT2D eigenvalue weighted by Crippen LogP contribution is -2.54.